The maximum atomic E-state index is 13.1. The van der Waals surface area contributed by atoms with E-state index in [0.29, 0.717) is 24.5 Å². The summed E-state index contributed by atoms with van der Waals surface area (Å²) in [5.41, 5.74) is 0.624. The second-order valence-corrected chi connectivity index (χ2v) is 5.83. The molecule has 4 nitrogen and oxygen atoms in total. The number of halogens is 3. The Hall–Kier alpha value is -0.960. The first-order valence-corrected chi connectivity index (χ1v) is 8.14. The van der Waals surface area contributed by atoms with Gasteiger partial charge in [0.2, 0.25) is 0 Å². The zero-order chi connectivity index (χ0) is 16.5. The van der Waals surface area contributed by atoms with E-state index in [1.165, 1.54) is 25.0 Å². The summed E-state index contributed by atoms with van der Waals surface area (Å²) in [5.74, 6) is 0.386. The van der Waals surface area contributed by atoms with Crippen LogP contribution in [0, 0.1) is 17.6 Å². The molecule has 136 valence electrons. The lowest BCUT2D eigenvalue weighted by molar-refractivity contribution is 0.123. The largest absolute Gasteiger partial charge is 0.381 e. The van der Waals surface area contributed by atoms with Crippen molar-refractivity contribution in [2.24, 2.45) is 10.9 Å². The van der Waals surface area contributed by atoms with Crippen molar-refractivity contribution in [1.82, 2.24) is 10.6 Å². The van der Waals surface area contributed by atoms with Crippen LogP contribution in [0.1, 0.15) is 24.8 Å². The lowest BCUT2D eigenvalue weighted by atomic mass is 10.1. The van der Waals surface area contributed by atoms with Gasteiger partial charge in [0.1, 0.15) is 11.6 Å². The third kappa shape index (κ3) is 8.77. The van der Waals surface area contributed by atoms with E-state index in [4.69, 9.17) is 4.74 Å². The van der Waals surface area contributed by atoms with Crippen LogP contribution in [0.15, 0.2) is 23.2 Å². The van der Waals surface area contributed by atoms with Gasteiger partial charge in [-0.25, -0.2) is 8.78 Å². The summed E-state index contributed by atoms with van der Waals surface area (Å²) < 4.78 is 31.8. The fraction of sp³-hybridized carbons (Fsp3) is 0.588. The minimum atomic E-state index is -0.547. The molecule has 0 saturated heterocycles. The van der Waals surface area contributed by atoms with Crippen LogP contribution >= 0.6 is 24.0 Å². The fourth-order valence-electron chi connectivity index (χ4n) is 2.22. The van der Waals surface area contributed by atoms with Crippen molar-refractivity contribution < 1.29 is 13.5 Å². The number of benzene rings is 1. The number of aliphatic imine (C=N–C) groups is 1. The van der Waals surface area contributed by atoms with Crippen LogP contribution < -0.4 is 10.6 Å². The molecule has 1 aromatic rings. The Labute approximate surface area is 159 Å². The Morgan fingerprint density at radius 3 is 2.46 bits per heavy atom. The van der Waals surface area contributed by atoms with Gasteiger partial charge in [-0.1, -0.05) is 0 Å². The molecule has 0 spiro atoms. The topological polar surface area (TPSA) is 45.7 Å². The Morgan fingerprint density at radius 1 is 1.17 bits per heavy atom. The average molecular weight is 453 g/mol. The molecule has 0 unspecified atom stereocenters. The van der Waals surface area contributed by atoms with Crippen LogP contribution in [0.25, 0.3) is 0 Å². The van der Waals surface area contributed by atoms with E-state index >= 15 is 0 Å². The van der Waals surface area contributed by atoms with E-state index in [0.717, 1.165) is 38.2 Å². The van der Waals surface area contributed by atoms with Gasteiger partial charge in [0, 0.05) is 39.4 Å². The van der Waals surface area contributed by atoms with Crippen LogP contribution in [0.5, 0.6) is 0 Å². The summed E-state index contributed by atoms with van der Waals surface area (Å²) in [4.78, 5) is 4.12. The van der Waals surface area contributed by atoms with Crippen molar-refractivity contribution in [3.8, 4) is 0 Å². The lowest BCUT2D eigenvalue weighted by Gasteiger charge is -2.12. The summed E-state index contributed by atoms with van der Waals surface area (Å²) >= 11 is 0. The highest BCUT2D eigenvalue weighted by Crippen LogP contribution is 2.28. The smallest absolute Gasteiger partial charge is 0.190 e. The van der Waals surface area contributed by atoms with Crippen molar-refractivity contribution in [2.75, 3.05) is 33.4 Å². The fourth-order valence-corrected chi connectivity index (χ4v) is 2.22. The second-order valence-electron chi connectivity index (χ2n) is 5.83. The molecular formula is C17H26F2IN3O. The maximum Gasteiger partial charge on any atom is 0.190 e. The first-order chi connectivity index (χ1) is 11.2. The summed E-state index contributed by atoms with van der Waals surface area (Å²) in [5, 5.41) is 6.32. The van der Waals surface area contributed by atoms with Crippen LogP contribution in [-0.4, -0.2) is 39.3 Å². The van der Waals surface area contributed by atoms with Gasteiger partial charge in [0.15, 0.2) is 5.96 Å². The number of nitrogens with one attached hydrogen (secondary N) is 2. The minimum absolute atomic E-state index is 0. The molecule has 7 heteroatoms. The highest BCUT2D eigenvalue weighted by molar-refractivity contribution is 14.0. The van der Waals surface area contributed by atoms with E-state index in [1.54, 1.807) is 7.05 Å². The van der Waals surface area contributed by atoms with Gasteiger partial charge >= 0.3 is 0 Å². The Kier molecular flexibility index (Phi) is 10.2. The van der Waals surface area contributed by atoms with Gasteiger partial charge in [0.25, 0.3) is 0 Å². The Morgan fingerprint density at radius 2 is 1.83 bits per heavy atom. The van der Waals surface area contributed by atoms with Crippen LogP contribution in [0.2, 0.25) is 0 Å². The first kappa shape index (κ1) is 21.1. The first-order valence-electron chi connectivity index (χ1n) is 8.14. The molecule has 2 rings (SSSR count). The lowest BCUT2D eigenvalue weighted by Crippen LogP contribution is -2.39. The molecule has 24 heavy (non-hydrogen) atoms. The molecule has 0 radical (unpaired) electrons. The number of hydrogen-bond donors (Lipinski definition) is 2. The van der Waals surface area contributed by atoms with Crippen molar-refractivity contribution in [2.45, 2.75) is 25.7 Å². The number of rotatable bonds is 9. The molecule has 0 atom stereocenters. The zero-order valence-corrected chi connectivity index (χ0v) is 16.3. The quantitative estimate of drug-likeness (QED) is 0.262. The summed E-state index contributed by atoms with van der Waals surface area (Å²) in [6.45, 7) is 2.97. The number of guanidine groups is 1. The van der Waals surface area contributed by atoms with E-state index in [9.17, 15) is 8.78 Å². The minimum Gasteiger partial charge on any atom is -0.381 e. The number of hydrogen-bond acceptors (Lipinski definition) is 2. The van der Waals surface area contributed by atoms with E-state index in [-0.39, 0.29) is 24.0 Å². The molecule has 0 amide bonds. The van der Waals surface area contributed by atoms with Crippen LogP contribution in [0.4, 0.5) is 8.78 Å². The number of ether oxygens (including phenoxy) is 1. The van der Waals surface area contributed by atoms with Gasteiger partial charge in [-0.05, 0) is 49.3 Å². The molecule has 0 aromatic heterocycles. The maximum absolute atomic E-state index is 13.1. The molecule has 1 saturated carbocycles. The van der Waals surface area contributed by atoms with Crippen molar-refractivity contribution in [3.05, 3.63) is 35.4 Å². The average Bonchev–Trinajstić information content (AvgIpc) is 3.32. The normalized spacial score (nSPS) is 14.2. The predicted molar refractivity (Wildman–Crippen MR) is 103 cm³/mol. The molecule has 0 heterocycles. The SMILES string of the molecule is CN=C(NCCCOCC1CC1)NCCc1cc(F)cc(F)c1.I. The molecule has 1 aromatic carbocycles. The van der Waals surface area contributed by atoms with Crippen LogP contribution in [0.3, 0.4) is 0 Å². The van der Waals surface area contributed by atoms with Gasteiger partial charge < -0.3 is 15.4 Å². The van der Waals surface area contributed by atoms with Crippen molar-refractivity contribution >= 4 is 29.9 Å². The third-order valence-electron chi connectivity index (χ3n) is 3.66. The summed E-state index contributed by atoms with van der Waals surface area (Å²) in [6, 6.07) is 3.57. The molecular weight excluding hydrogens is 427 g/mol. The van der Waals surface area contributed by atoms with E-state index < -0.39 is 11.6 Å². The van der Waals surface area contributed by atoms with Crippen molar-refractivity contribution in [1.29, 1.82) is 0 Å². The monoisotopic (exact) mass is 453 g/mol. The molecule has 0 bridgehead atoms. The molecule has 1 fully saturated rings. The molecule has 1 aliphatic carbocycles. The van der Waals surface area contributed by atoms with E-state index in [1.807, 2.05) is 0 Å². The number of nitrogens with zero attached hydrogens (tertiary/aromatic N) is 1. The Balaban J connectivity index is 0.00000288. The molecule has 1 aliphatic rings. The predicted octanol–water partition coefficient (Wildman–Crippen LogP) is 3.11. The Bertz CT molecular complexity index is 504. The highest BCUT2D eigenvalue weighted by atomic mass is 127. The van der Waals surface area contributed by atoms with Gasteiger partial charge in [-0.3, -0.25) is 4.99 Å². The van der Waals surface area contributed by atoms with Gasteiger partial charge in [-0.2, -0.15) is 0 Å². The van der Waals surface area contributed by atoms with Crippen molar-refractivity contribution in [3.63, 3.8) is 0 Å². The van der Waals surface area contributed by atoms with Gasteiger partial charge in [0.05, 0.1) is 0 Å². The highest BCUT2D eigenvalue weighted by Gasteiger charge is 2.20. The van der Waals surface area contributed by atoms with E-state index in [2.05, 4.69) is 15.6 Å². The summed E-state index contributed by atoms with van der Waals surface area (Å²) in [6.07, 6.45) is 4.07. The third-order valence-corrected chi connectivity index (χ3v) is 3.66. The standard InChI is InChI=1S/C17H25F2N3O.HI/c1-20-17(21-6-2-8-23-12-13-3-4-13)22-7-5-14-9-15(18)11-16(19)10-14;/h9-11,13H,2-8,12H2,1H3,(H2,20,21,22);1H. The molecule has 0 aliphatic heterocycles. The summed E-state index contributed by atoms with van der Waals surface area (Å²) in [7, 11) is 1.70. The van der Waals surface area contributed by atoms with Crippen LogP contribution in [-0.2, 0) is 11.2 Å². The zero-order valence-electron chi connectivity index (χ0n) is 14.0. The second kappa shape index (κ2) is 11.6. The van der Waals surface area contributed by atoms with Gasteiger partial charge in [-0.15, -0.1) is 24.0 Å². The molecule has 2 N–H and O–H groups in total.